The van der Waals surface area contributed by atoms with Gasteiger partial charge in [0.1, 0.15) is 24.4 Å². The molecule has 1 heterocycles. The second kappa shape index (κ2) is 44.3. The molecule has 11 heteroatoms. The number of ether oxygens (including phenoxy) is 3. The van der Waals surface area contributed by atoms with E-state index in [0.717, 1.165) is 116 Å². The number of nitrogens with one attached hydrogen (secondary N) is 1. The Balaban J connectivity index is 2.78. The largest absolute Gasteiger partial charge is 0.454 e. The topological polar surface area (TPSA) is 175 Å². The highest BCUT2D eigenvalue weighted by Crippen LogP contribution is 2.26. The third-order valence-corrected chi connectivity index (χ3v) is 12.1. The number of esters is 1. The molecular weight excluding hydrogens is 847 g/mol. The fourth-order valence-electron chi connectivity index (χ4n) is 7.88. The van der Waals surface area contributed by atoms with Crippen molar-refractivity contribution in [2.75, 3.05) is 13.2 Å². The van der Waals surface area contributed by atoms with Crippen LogP contribution in [-0.4, -0.2) is 99.6 Å². The molecule has 1 aliphatic rings. The minimum Gasteiger partial charge on any atom is -0.454 e. The Kier molecular flexibility index (Phi) is 41.1. The molecule has 1 rings (SSSR count). The smallest absolute Gasteiger partial charge is 0.306 e. The number of carbonyl (C=O) groups is 2. The third kappa shape index (κ3) is 33.3. The maximum Gasteiger partial charge on any atom is 0.306 e. The van der Waals surface area contributed by atoms with Crippen LogP contribution in [0.2, 0.25) is 0 Å². The molecule has 8 atom stereocenters. The van der Waals surface area contributed by atoms with Crippen molar-refractivity contribution in [1.29, 1.82) is 0 Å². The second-order valence-electron chi connectivity index (χ2n) is 18.2. The first-order chi connectivity index (χ1) is 32.7. The van der Waals surface area contributed by atoms with Gasteiger partial charge in [-0.25, -0.2) is 0 Å². The lowest BCUT2D eigenvalue weighted by molar-refractivity contribution is -0.305. The van der Waals surface area contributed by atoms with Gasteiger partial charge in [-0.2, -0.15) is 0 Å². The molecule has 0 spiro atoms. The van der Waals surface area contributed by atoms with Crippen LogP contribution in [0.25, 0.3) is 0 Å². The first kappa shape index (κ1) is 62.1. The van der Waals surface area contributed by atoms with Gasteiger partial charge in [0.2, 0.25) is 5.91 Å². The van der Waals surface area contributed by atoms with Crippen LogP contribution in [0.1, 0.15) is 207 Å². The van der Waals surface area contributed by atoms with E-state index < -0.39 is 67.4 Å². The lowest BCUT2D eigenvalue weighted by atomic mass is 9.99. The van der Waals surface area contributed by atoms with E-state index in [9.17, 15) is 35.1 Å². The molecule has 1 saturated heterocycles. The Bertz CT molecular complexity index is 1360. The summed E-state index contributed by atoms with van der Waals surface area (Å²) in [6.07, 6.45) is 43.8. The number of aliphatic hydroxyl groups is 5. The first-order valence-electron chi connectivity index (χ1n) is 26.7. The van der Waals surface area contributed by atoms with Crippen LogP contribution in [0, 0.1) is 0 Å². The number of hydrogen-bond acceptors (Lipinski definition) is 10. The minimum atomic E-state index is -1.62. The van der Waals surface area contributed by atoms with E-state index in [2.05, 4.69) is 86.8 Å². The Morgan fingerprint density at radius 2 is 1.07 bits per heavy atom. The number of aliphatic hydroxyl groups excluding tert-OH is 5. The van der Waals surface area contributed by atoms with Gasteiger partial charge in [-0.15, -0.1) is 0 Å². The van der Waals surface area contributed by atoms with Crippen molar-refractivity contribution in [3.8, 4) is 0 Å². The van der Waals surface area contributed by atoms with Gasteiger partial charge >= 0.3 is 5.97 Å². The van der Waals surface area contributed by atoms with Crippen molar-refractivity contribution in [3.63, 3.8) is 0 Å². The van der Waals surface area contributed by atoms with Crippen LogP contribution < -0.4 is 5.32 Å². The van der Waals surface area contributed by atoms with Crippen molar-refractivity contribution in [3.05, 3.63) is 72.9 Å². The number of hydrogen-bond donors (Lipinski definition) is 6. The molecule has 0 aromatic heterocycles. The van der Waals surface area contributed by atoms with Crippen LogP contribution in [0.5, 0.6) is 0 Å². The molecule has 1 aliphatic heterocycles. The minimum absolute atomic E-state index is 0.0939. The molecule has 0 aromatic carbocycles. The van der Waals surface area contributed by atoms with Gasteiger partial charge in [0.05, 0.1) is 25.4 Å². The molecule has 0 aromatic rings. The highest BCUT2D eigenvalue weighted by Gasteiger charge is 2.47. The van der Waals surface area contributed by atoms with E-state index in [1.807, 2.05) is 6.08 Å². The van der Waals surface area contributed by atoms with E-state index in [-0.39, 0.29) is 19.4 Å². The van der Waals surface area contributed by atoms with Crippen LogP contribution in [-0.2, 0) is 23.8 Å². The summed E-state index contributed by atoms with van der Waals surface area (Å²) in [6, 6.07) is -1.03. The molecule has 0 bridgehead atoms. The molecule has 0 radical (unpaired) electrons. The number of rotatable bonds is 43. The summed E-state index contributed by atoms with van der Waals surface area (Å²) in [5.74, 6) is -1.23. The lowest BCUT2D eigenvalue weighted by Gasteiger charge is -2.41. The summed E-state index contributed by atoms with van der Waals surface area (Å²) in [5, 5.41) is 56.6. The molecule has 1 amide bonds. The van der Waals surface area contributed by atoms with E-state index in [1.54, 1.807) is 6.08 Å². The van der Waals surface area contributed by atoms with Crippen LogP contribution in [0.3, 0.4) is 0 Å². The van der Waals surface area contributed by atoms with Gasteiger partial charge in [-0.3, -0.25) is 9.59 Å². The molecule has 6 N–H and O–H groups in total. The van der Waals surface area contributed by atoms with Gasteiger partial charge in [-0.05, 0) is 83.5 Å². The number of carbonyl (C=O) groups excluding carboxylic acids is 2. The fourth-order valence-corrected chi connectivity index (χ4v) is 7.88. The monoisotopic (exact) mass is 944 g/mol. The summed E-state index contributed by atoms with van der Waals surface area (Å²) in [4.78, 5) is 26.3. The number of amides is 1. The van der Waals surface area contributed by atoms with Gasteiger partial charge in [0, 0.05) is 6.42 Å². The van der Waals surface area contributed by atoms with Crippen LogP contribution in [0.15, 0.2) is 72.9 Å². The van der Waals surface area contributed by atoms with Crippen LogP contribution >= 0.6 is 0 Å². The maximum absolute atomic E-state index is 13.3. The summed E-state index contributed by atoms with van der Waals surface area (Å²) < 4.78 is 17.5. The lowest BCUT2D eigenvalue weighted by Crippen LogP contribution is -2.61. The Morgan fingerprint density at radius 1 is 0.597 bits per heavy atom. The summed E-state index contributed by atoms with van der Waals surface area (Å²) in [5.41, 5.74) is 0. The van der Waals surface area contributed by atoms with E-state index in [4.69, 9.17) is 14.2 Å². The van der Waals surface area contributed by atoms with Crippen molar-refractivity contribution in [2.24, 2.45) is 0 Å². The predicted molar refractivity (Wildman–Crippen MR) is 273 cm³/mol. The zero-order valence-corrected chi connectivity index (χ0v) is 42.2. The molecule has 386 valence electrons. The highest BCUT2D eigenvalue weighted by molar-refractivity contribution is 5.80. The SMILES string of the molecule is CC/C=C/C/C=C/C/C=C/CCCCCCC(=O)OC1C(OCC(NC(=O)C(O)CCCCCCCC/C=C/C/C=C/CC)C(O)/C=C/CCCCCCCCCCC)OC(CO)C(O)C1O. The Labute approximate surface area is 407 Å². The molecule has 0 aliphatic carbocycles. The zero-order valence-electron chi connectivity index (χ0n) is 42.2. The Hall–Kier alpha value is -2.90. The van der Waals surface area contributed by atoms with Gasteiger partial charge in [0.25, 0.3) is 0 Å². The van der Waals surface area contributed by atoms with Crippen molar-refractivity contribution in [1.82, 2.24) is 5.32 Å². The molecule has 11 nitrogen and oxygen atoms in total. The normalized spacial score (nSPS) is 20.6. The van der Waals surface area contributed by atoms with Gasteiger partial charge < -0.3 is 45.1 Å². The molecular formula is C56H97NO10. The van der Waals surface area contributed by atoms with Gasteiger partial charge in [0.15, 0.2) is 12.4 Å². The molecule has 1 fully saturated rings. The third-order valence-electron chi connectivity index (χ3n) is 12.1. The van der Waals surface area contributed by atoms with Crippen molar-refractivity contribution >= 4 is 11.9 Å². The molecule has 8 unspecified atom stereocenters. The quantitative estimate of drug-likeness (QED) is 0.0196. The summed E-state index contributed by atoms with van der Waals surface area (Å²) in [6.45, 7) is 5.51. The van der Waals surface area contributed by atoms with E-state index in [0.29, 0.717) is 12.8 Å². The van der Waals surface area contributed by atoms with E-state index >= 15 is 0 Å². The first-order valence-corrected chi connectivity index (χ1v) is 26.7. The van der Waals surface area contributed by atoms with Crippen LogP contribution in [0.4, 0.5) is 0 Å². The molecule has 67 heavy (non-hydrogen) atoms. The number of allylic oxidation sites excluding steroid dienone is 11. The summed E-state index contributed by atoms with van der Waals surface area (Å²) >= 11 is 0. The Morgan fingerprint density at radius 3 is 1.61 bits per heavy atom. The maximum atomic E-state index is 13.3. The zero-order chi connectivity index (χ0) is 49.0. The standard InChI is InChI=1S/C56H97NO10/c1-4-7-10-13-16-19-22-24-26-29-32-35-38-41-44-51(61)67-54-53(63)52(62)50(45-58)66-56(54)65-46-47(48(59)42-39-36-33-30-27-21-18-15-12-9-6-3)57-55(64)49(60)43-40-37-34-31-28-25-23-20-17-14-11-8-5-2/h7-8,10-11,16-17,19-20,24,26,39,42,47-50,52-54,56,58-60,62-63H,4-6,9,12-15,18,21-23,25,27-38,40-41,43-46H2,1-3H3,(H,57,64)/b10-7+,11-8+,19-16+,20-17+,26-24+,42-39+. The molecule has 0 saturated carbocycles. The summed E-state index contributed by atoms with van der Waals surface area (Å²) in [7, 11) is 0. The second-order valence-corrected chi connectivity index (χ2v) is 18.2. The average Bonchev–Trinajstić information content (AvgIpc) is 3.32. The number of unbranched alkanes of at least 4 members (excludes halogenated alkanes) is 19. The van der Waals surface area contributed by atoms with Gasteiger partial charge in [-0.1, -0.05) is 190 Å². The predicted octanol–water partition coefficient (Wildman–Crippen LogP) is 11.3. The van der Waals surface area contributed by atoms with Crippen molar-refractivity contribution < 1.29 is 49.3 Å². The fraction of sp³-hybridized carbons (Fsp3) is 0.750. The highest BCUT2D eigenvalue weighted by atomic mass is 16.7. The average molecular weight is 944 g/mol. The van der Waals surface area contributed by atoms with E-state index in [1.165, 1.54) is 44.9 Å². The van der Waals surface area contributed by atoms with Crippen molar-refractivity contribution in [2.45, 2.75) is 256 Å².